The van der Waals surface area contributed by atoms with E-state index in [1.54, 1.807) is 0 Å². The van der Waals surface area contributed by atoms with Crippen LogP contribution in [-0.4, -0.2) is 55.4 Å². The fraction of sp³-hybridized carbons (Fsp3) is 0.346. The minimum atomic E-state index is 0.0653. The van der Waals surface area contributed by atoms with Gasteiger partial charge in [0.05, 0.1) is 5.75 Å². The number of thioether (sulfide) groups is 1. The Labute approximate surface area is 202 Å². The molecule has 2 N–H and O–H groups in total. The van der Waals surface area contributed by atoms with Gasteiger partial charge in [-0.25, -0.2) is 0 Å². The molecule has 0 bridgehead atoms. The molecule has 2 fully saturated rings. The van der Waals surface area contributed by atoms with E-state index < -0.39 is 0 Å². The molecule has 4 aromatic rings. The SMILES string of the molecule is O=C(CSc1nnc(-c2c[nH]c3ccccc23)n1C1CC1)N[C@H]1CCN(Cc2ccccc2)C1. The number of benzene rings is 2. The third-order valence-corrected chi connectivity index (χ3v) is 7.57. The minimum absolute atomic E-state index is 0.0653. The quantitative estimate of drug-likeness (QED) is 0.375. The van der Waals surface area contributed by atoms with E-state index in [4.69, 9.17) is 0 Å². The maximum absolute atomic E-state index is 12.7. The Morgan fingerprint density at radius 3 is 2.74 bits per heavy atom. The average Bonchev–Trinajstić information content (AvgIpc) is 3.25. The first-order chi connectivity index (χ1) is 16.7. The molecule has 1 saturated heterocycles. The number of H-pyrrole nitrogens is 1. The highest BCUT2D eigenvalue weighted by atomic mass is 32.2. The normalized spacial score (nSPS) is 18.5. The predicted molar refractivity (Wildman–Crippen MR) is 135 cm³/mol. The van der Waals surface area contributed by atoms with Crippen molar-refractivity contribution < 1.29 is 4.79 Å². The lowest BCUT2D eigenvalue weighted by Crippen LogP contribution is -2.38. The van der Waals surface area contributed by atoms with Crippen molar-refractivity contribution in [2.45, 2.75) is 43.0 Å². The first-order valence-corrected chi connectivity index (χ1v) is 12.9. The van der Waals surface area contributed by atoms with E-state index in [2.05, 4.69) is 66.4 Å². The van der Waals surface area contributed by atoms with E-state index in [0.717, 1.165) is 66.3 Å². The molecule has 34 heavy (non-hydrogen) atoms. The minimum Gasteiger partial charge on any atom is -0.360 e. The molecule has 2 aromatic carbocycles. The molecule has 8 heteroatoms. The number of likely N-dealkylation sites (tertiary alicyclic amines) is 1. The lowest BCUT2D eigenvalue weighted by Gasteiger charge is -2.16. The summed E-state index contributed by atoms with van der Waals surface area (Å²) < 4.78 is 2.23. The van der Waals surface area contributed by atoms with Crippen molar-refractivity contribution in [3.63, 3.8) is 0 Å². The van der Waals surface area contributed by atoms with Gasteiger partial charge >= 0.3 is 0 Å². The second-order valence-electron chi connectivity index (χ2n) is 9.22. The predicted octanol–water partition coefficient (Wildman–Crippen LogP) is 4.24. The summed E-state index contributed by atoms with van der Waals surface area (Å²) in [4.78, 5) is 18.5. The Bertz CT molecular complexity index is 1300. The fourth-order valence-electron chi connectivity index (χ4n) is 4.81. The van der Waals surface area contributed by atoms with Gasteiger partial charge in [-0.05, 0) is 30.9 Å². The zero-order chi connectivity index (χ0) is 22.9. The second-order valence-corrected chi connectivity index (χ2v) is 10.2. The van der Waals surface area contributed by atoms with E-state index >= 15 is 0 Å². The van der Waals surface area contributed by atoms with Crippen LogP contribution in [0, 0.1) is 0 Å². The average molecular weight is 473 g/mol. The third-order valence-electron chi connectivity index (χ3n) is 6.63. The van der Waals surface area contributed by atoms with Gasteiger partial charge in [-0.1, -0.05) is 60.3 Å². The number of nitrogens with one attached hydrogen (secondary N) is 2. The number of aromatic amines is 1. The van der Waals surface area contributed by atoms with Gasteiger partial charge in [0.15, 0.2) is 11.0 Å². The molecule has 0 radical (unpaired) electrons. The van der Waals surface area contributed by atoms with E-state index in [9.17, 15) is 4.79 Å². The molecule has 1 amide bonds. The Morgan fingerprint density at radius 1 is 1.06 bits per heavy atom. The number of amides is 1. The smallest absolute Gasteiger partial charge is 0.230 e. The highest BCUT2D eigenvalue weighted by Gasteiger charge is 2.31. The molecule has 2 aromatic heterocycles. The van der Waals surface area contributed by atoms with Crippen molar-refractivity contribution in [1.29, 1.82) is 0 Å². The maximum Gasteiger partial charge on any atom is 0.230 e. The van der Waals surface area contributed by atoms with Crippen molar-refractivity contribution in [3.8, 4) is 11.4 Å². The van der Waals surface area contributed by atoms with Crippen molar-refractivity contribution in [1.82, 2.24) is 30.0 Å². The van der Waals surface area contributed by atoms with Crippen LogP contribution in [0.25, 0.3) is 22.3 Å². The summed E-state index contributed by atoms with van der Waals surface area (Å²) >= 11 is 1.49. The summed E-state index contributed by atoms with van der Waals surface area (Å²) in [5, 5.41) is 14.2. The molecule has 6 rings (SSSR count). The van der Waals surface area contributed by atoms with Crippen LogP contribution in [0.15, 0.2) is 66.0 Å². The van der Waals surface area contributed by atoms with Gasteiger partial charge in [-0.2, -0.15) is 0 Å². The van der Waals surface area contributed by atoms with Crippen LogP contribution in [0.2, 0.25) is 0 Å². The van der Waals surface area contributed by atoms with Gasteiger partial charge < -0.3 is 10.3 Å². The van der Waals surface area contributed by atoms with Crippen LogP contribution in [0.5, 0.6) is 0 Å². The maximum atomic E-state index is 12.7. The number of carbonyl (C=O) groups is 1. The molecular weight excluding hydrogens is 444 g/mol. The highest BCUT2D eigenvalue weighted by molar-refractivity contribution is 7.99. The number of hydrogen-bond donors (Lipinski definition) is 2. The number of aromatic nitrogens is 4. The summed E-state index contributed by atoms with van der Waals surface area (Å²) in [6, 6.07) is 19.4. The molecule has 2 aliphatic rings. The second kappa shape index (κ2) is 9.27. The van der Waals surface area contributed by atoms with Crippen LogP contribution in [0.1, 0.15) is 30.9 Å². The monoisotopic (exact) mass is 472 g/mol. The topological polar surface area (TPSA) is 78.8 Å². The number of hydrogen-bond acceptors (Lipinski definition) is 5. The summed E-state index contributed by atoms with van der Waals surface area (Å²) in [6.07, 6.45) is 5.27. The molecule has 1 saturated carbocycles. The van der Waals surface area contributed by atoms with Crippen LogP contribution >= 0.6 is 11.8 Å². The van der Waals surface area contributed by atoms with Gasteiger partial charge in [0.25, 0.3) is 0 Å². The van der Waals surface area contributed by atoms with Crippen LogP contribution in [0.4, 0.5) is 0 Å². The molecule has 1 atom stereocenters. The Hall–Kier alpha value is -3.10. The molecule has 7 nitrogen and oxygen atoms in total. The van der Waals surface area contributed by atoms with E-state index in [-0.39, 0.29) is 11.9 Å². The Balaban J connectivity index is 1.08. The summed E-state index contributed by atoms with van der Waals surface area (Å²) in [6.45, 7) is 2.84. The van der Waals surface area contributed by atoms with Gasteiger partial charge in [-0.3, -0.25) is 14.3 Å². The molecule has 1 aliphatic heterocycles. The highest BCUT2D eigenvalue weighted by Crippen LogP contribution is 2.42. The molecular formula is C26H28N6OS. The molecule has 3 heterocycles. The lowest BCUT2D eigenvalue weighted by molar-refractivity contribution is -0.119. The van der Waals surface area contributed by atoms with Gasteiger partial charge in [0.2, 0.25) is 5.91 Å². The van der Waals surface area contributed by atoms with E-state index in [1.165, 1.54) is 17.3 Å². The van der Waals surface area contributed by atoms with Crippen molar-refractivity contribution in [2.75, 3.05) is 18.8 Å². The number of nitrogens with zero attached hydrogens (tertiary/aromatic N) is 4. The third kappa shape index (κ3) is 4.48. The molecule has 1 aliphatic carbocycles. The van der Waals surface area contributed by atoms with Gasteiger partial charge in [0, 0.05) is 54.4 Å². The molecule has 174 valence electrons. The Morgan fingerprint density at radius 2 is 1.88 bits per heavy atom. The van der Waals surface area contributed by atoms with Crippen molar-refractivity contribution in [3.05, 3.63) is 66.4 Å². The number of rotatable bonds is 8. The van der Waals surface area contributed by atoms with Crippen LogP contribution in [-0.2, 0) is 11.3 Å². The summed E-state index contributed by atoms with van der Waals surface area (Å²) in [5.74, 6) is 1.30. The number of fused-ring (bicyclic) bond motifs is 1. The number of carbonyl (C=O) groups excluding carboxylic acids is 1. The van der Waals surface area contributed by atoms with Crippen molar-refractivity contribution in [2.24, 2.45) is 0 Å². The zero-order valence-electron chi connectivity index (χ0n) is 19.0. The molecule has 0 spiro atoms. The Kier molecular flexibility index (Phi) is 5.84. The van der Waals surface area contributed by atoms with E-state index in [1.807, 2.05) is 24.4 Å². The van der Waals surface area contributed by atoms with Gasteiger partial charge in [-0.15, -0.1) is 10.2 Å². The van der Waals surface area contributed by atoms with Crippen molar-refractivity contribution >= 4 is 28.6 Å². The molecule has 0 unspecified atom stereocenters. The van der Waals surface area contributed by atoms with E-state index in [0.29, 0.717) is 11.8 Å². The lowest BCUT2D eigenvalue weighted by atomic mass is 10.1. The van der Waals surface area contributed by atoms with Crippen LogP contribution in [0.3, 0.4) is 0 Å². The van der Waals surface area contributed by atoms with Gasteiger partial charge in [0.1, 0.15) is 0 Å². The standard InChI is InChI=1S/C26H28N6OS/c33-24(28-19-12-13-31(16-19)15-18-6-2-1-3-7-18)17-34-26-30-29-25(32(26)20-10-11-20)22-14-27-23-9-5-4-8-21(22)23/h1-9,14,19-20,27H,10-13,15-17H2,(H,28,33)/t19-/m0/s1. The first kappa shape index (κ1) is 21.4. The fourth-order valence-corrected chi connectivity index (χ4v) is 5.63. The summed E-state index contributed by atoms with van der Waals surface area (Å²) in [7, 11) is 0. The first-order valence-electron chi connectivity index (χ1n) is 11.9. The summed E-state index contributed by atoms with van der Waals surface area (Å²) in [5.41, 5.74) is 3.47. The zero-order valence-corrected chi connectivity index (χ0v) is 19.8. The number of para-hydroxylation sites is 1. The largest absolute Gasteiger partial charge is 0.360 e. The van der Waals surface area contributed by atoms with Crippen LogP contribution < -0.4 is 5.32 Å².